The van der Waals surface area contributed by atoms with Gasteiger partial charge in [-0.15, -0.1) is 0 Å². The van der Waals surface area contributed by atoms with E-state index in [9.17, 15) is 13.9 Å². The molecule has 0 heterocycles. The molecule has 0 unspecified atom stereocenters. The Morgan fingerprint density at radius 1 is 1.29 bits per heavy atom. The van der Waals surface area contributed by atoms with Crippen LogP contribution in [0.4, 0.5) is 14.5 Å². The van der Waals surface area contributed by atoms with Gasteiger partial charge >= 0.3 is 0 Å². The highest BCUT2D eigenvalue weighted by atomic mass is 19.1. The number of anilines is 1. The van der Waals surface area contributed by atoms with Crippen molar-refractivity contribution >= 4 is 5.69 Å². The third-order valence-corrected chi connectivity index (χ3v) is 1.88. The average Bonchev–Trinajstić information content (AvgIpc) is 2.12. The zero-order valence-corrected chi connectivity index (χ0v) is 7.93. The van der Waals surface area contributed by atoms with Crippen LogP contribution in [-0.4, -0.2) is 17.8 Å². The predicted molar refractivity (Wildman–Crippen MR) is 51.1 cm³/mol. The lowest BCUT2D eigenvalue weighted by Gasteiger charge is -2.10. The van der Waals surface area contributed by atoms with Gasteiger partial charge in [0.25, 0.3) is 0 Å². The highest BCUT2D eigenvalue weighted by Crippen LogP contribution is 2.12. The Hall–Kier alpha value is -1.16. The summed E-state index contributed by atoms with van der Waals surface area (Å²) in [6.07, 6.45) is 0.103. The number of rotatable bonds is 4. The smallest absolute Gasteiger partial charge is 0.128 e. The maximum absolute atomic E-state index is 12.7. The van der Waals surface area contributed by atoms with Gasteiger partial charge < -0.3 is 10.4 Å². The molecule has 0 aliphatic heterocycles. The summed E-state index contributed by atoms with van der Waals surface area (Å²) >= 11 is 0. The lowest BCUT2D eigenvalue weighted by Crippen LogP contribution is -2.18. The van der Waals surface area contributed by atoms with Crippen LogP contribution in [0.2, 0.25) is 0 Å². The summed E-state index contributed by atoms with van der Waals surface area (Å²) in [5.41, 5.74) is 0.343. The van der Waals surface area contributed by atoms with Crippen LogP contribution in [0, 0.1) is 11.6 Å². The maximum atomic E-state index is 12.7. The van der Waals surface area contributed by atoms with Gasteiger partial charge in [0.1, 0.15) is 11.6 Å². The minimum atomic E-state index is -0.626. The predicted octanol–water partition coefficient (Wildman–Crippen LogP) is 2.15. The summed E-state index contributed by atoms with van der Waals surface area (Å²) in [6.45, 7) is 2.12. The molecule has 0 aliphatic carbocycles. The second-order valence-electron chi connectivity index (χ2n) is 3.10. The summed E-state index contributed by atoms with van der Waals surface area (Å²) < 4.78 is 25.4. The number of hydrogen-bond acceptors (Lipinski definition) is 2. The molecule has 2 N–H and O–H groups in total. The van der Waals surface area contributed by atoms with Crippen molar-refractivity contribution in [3.05, 3.63) is 29.8 Å². The summed E-state index contributed by atoms with van der Waals surface area (Å²) in [4.78, 5) is 0. The van der Waals surface area contributed by atoms with Crippen LogP contribution in [0.15, 0.2) is 18.2 Å². The molecule has 0 spiro atoms. The summed E-state index contributed by atoms with van der Waals surface area (Å²) in [7, 11) is 0. The van der Waals surface area contributed by atoms with E-state index < -0.39 is 17.7 Å². The third kappa shape index (κ3) is 3.30. The van der Waals surface area contributed by atoms with E-state index in [1.807, 2.05) is 6.92 Å². The fourth-order valence-electron chi connectivity index (χ4n) is 1.04. The fraction of sp³-hybridized carbons (Fsp3) is 0.400. The van der Waals surface area contributed by atoms with Gasteiger partial charge in [-0.05, 0) is 18.6 Å². The van der Waals surface area contributed by atoms with Gasteiger partial charge in [0.05, 0.1) is 6.10 Å². The van der Waals surface area contributed by atoms with Gasteiger partial charge in [-0.3, -0.25) is 0 Å². The standard InChI is InChI=1S/C10H13F2NO/c1-2-10(14)6-13-9-4-7(11)3-8(12)5-9/h3-5,10,13-14H,2,6H2,1H3/t10-/m1/s1. The first-order valence-electron chi connectivity index (χ1n) is 4.50. The zero-order chi connectivity index (χ0) is 10.6. The van der Waals surface area contributed by atoms with E-state index in [4.69, 9.17) is 0 Å². The molecule has 0 aromatic heterocycles. The summed E-state index contributed by atoms with van der Waals surface area (Å²) in [5.74, 6) is -1.25. The van der Waals surface area contributed by atoms with Gasteiger partial charge in [-0.2, -0.15) is 0 Å². The van der Waals surface area contributed by atoms with Crippen molar-refractivity contribution in [2.75, 3.05) is 11.9 Å². The largest absolute Gasteiger partial charge is 0.391 e. The highest BCUT2D eigenvalue weighted by molar-refractivity contribution is 5.43. The molecule has 0 radical (unpaired) electrons. The van der Waals surface area contributed by atoms with E-state index in [2.05, 4.69) is 5.32 Å². The molecule has 0 saturated carbocycles. The second kappa shape index (κ2) is 4.91. The molecular weight excluding hydrogens is 188 g/mol. The SMILES string of the molecule is CC[C@@H](O)CNc1cc(F)cc(F)c1. The Bertz CT molecular complexity index is 284. The molecular formula is C10H13F2NO. The van der Waals surface area contributed by atoms with Gasteiger partial charge in [-0.25, -0.2) is 8.78 Å². The first-order valence-corrected chi connectivity index (χ1v) is 4.50. The second-order valence-corrected chi connectivity index (χ2v) is 3.10. The van der Waals surface area contributed by atoms with Crippen LogP contribution < -0.4 is 5.32 Å². The molecule has 0 saturated heterocycles. The number of aliphatic hydroxyl groups is 1. The lowest BCUT2D eigenvalue weighted by molar-refractivity contribution is 0.183. The van der Waals surface area contributed by atoms with Crippen molar-refractivity contribution in [1.82, 2.24) is 0 Å². The van der Waals surface area contributed by atoms with Crippen molar-refractivity contribution < 1.29 is 13.9 Å². The number of halogens is 2. The van der Waals surface area contributed by atoms with Crippen molar-refractivity contribution in [2.45, 2.75) is 19.4 Å². The van der Waals surface area contributed by atoms with Crippen LogP contribution >= 0.6 is 0 Å². The monoisotopic (exact) mass is 201 g/mol. The van der Waals surface area contributed by atoms with E-state index in [1.54, 1.807) is 0 Å². The van der Waals surface area contributed by atoms with Crippen LogP contribution in [0.5, 0.6) is 0 Å². The molecule has 1 rings (SSSR count). The molecule has 1 aromatic rings. The lowest BCUT2D eigenvalue weighted by atomic mass is 10.2. The van der Waals surface area contributed by atoms with Gasteiger partial charge in [0.2, 0.25) is 0 Å². The van der Waals surface area contributed by atoms with Gasteiger partial charge in [-0.1, -0.05) is 6.92 Å². The summed E-state index contributed by atoms with van der Waals surface area (Å²) in [6, 6.07) is 3.18. The van der Waals surface area contributed by atoms with Crippen LogP contribution in [0.1, 0.15) is 13.3 Å². The van der Waals surface area contributed by atoms with E-state index in [1.165, 1.54) is 12.1 Å². The van der Waals surface area contributed by atoms with Crippen molar-refractivity contribution in [3.8, 4) is 0 Å². The molecule has 0 amide bonds. The van der Waals surface area contributed by atoms with Crippen LogP contribution in [0.3, 0.4) is 0 Å². The molecule has 78 valence electrons. The Labute approximate surface area is 81.6 Å². The van der Waals surface area contributed by atoms with Crippen LogP contribution in [-0.2, 0) is 0 Å². The molecule has 1 aromatic carbocycles. The zero-order valence-electron chi connectivity index (χ0n) is 7.93. The topological polar surface area (TPSA) is 32.3 Å². The fourth-order valence-corrected chi connectivity index (χ4v) is 1.04. The van der Waals surface area contributed by atoms with E-state index in [0.717, 1.165) is 6.07 Å². The summed E-state index contributed by atoms with van der Waals surface area (Å²) in [5, 5.41) is 12.0. The number of hydrogen-bond donors (Lipinski definition) is 2. The molecule has 0 bridgehead atoms. The van der Waals surface area contributed by atoms with Crippen LogP contribution in [0.25, 0.3) is 0 Å². The molecule has 0 fully saturated rings. The Kier molecular flexibility index (Phi) is 3.83. The first kappa shape index (κ1) is 10.9. The maximum Gasteiger partial charge on any atom is 0.128 e. The van der Waals surface area contributed by atoms with Crippen molar-refractivity contribution in [2.24, 2.45) is 0 Å². The van der Waals surface area contributed by atoms with Crippen molar-refractivity contribution in [1.29, 1.82) is 0 Å². The van der Waals surface area contributed by atoms with Gasteiger partial charge in [0, 0.05) is 18.3 Å². The first-order chi connectivity index (χ1) is 6.61. The minimum absolute atomic E-state index is 0.291. The Balaban J connectivity index is 2.58. The van der Waals surface area contributed by atoms with Gasteiger partial charge in [0.15, 0.2) is 0 Å². The Morgan fingerprint density at radius 3 is 2.36 bits per heavy atom. The third-order valence-electron chi connectivity index (χ3n) is 1.88. The van der Waals surface area contributed by atoms with E-state index in [0.29, 0.717) is 18.7 Å². The highest BCUT2D eigenvalue weighted by Gasteiger charge is 2.02. The quantitative estimate of drug-likeness (QED) is 0.782. The van der Waals surface area contributed by atoms with E-state index >= 15 is 0 Å². The molecule has 2 nitrogen and oxygen atoms in total. The molecule has 0 aliphatic rings. The number of aliphatic hydroxyl groups excluding tert-OH is 1. The average molecular weight is 201 g/mol. The normalized spacial score (nSPS) is 12.6. The van der Waals surface area contributed by atoms with Crippen molar-refractivity contribution in [3.63, 3.8) is 0 Å². The molecule has 4 heteroatoms. The Morgan fingerprint density at radius 2 is 1.86 bits per heavy atom. The number of benzene rings is 1. The molecule has 1 atom stereocenters. The van der Waals surface area contributed by atoms with E-state index in [-0.39, 0.29) is 0 Å². The molecule has 14 heavy (non-hydrogen) atoms. The minimum Gasteiger partial charge on any atom is -0.391 e. The number of nitrogens with one attached hydrogen (secondary N) is 1.